The first kappa shape index (κ1) is 29.3. The second-order valence-corrected chi connectivity index (χ2v) is 9.91. The first-order chi connectivity index (χ1) is 14.3. The highest BCUT2D eigenvalue weighted by Gasteiger charge is 2.07. The molecule has 0 aromatic carbocycles. The molecule has 2 nitrogen and oxygen atoms in total. The van der Waals surface area contributed by atoms with Crippen molar-refractivity contribution in [2.24, 2.45) is 0 Å². The molecule has 0 saturated carbocycles. The fourth-order valence-electron chi connectivity index (χ4n) is 3.72. The van der Waals surface area contributed by atoms with Crippen molar-refractivity contribution in [3.05, 3.63) is 0 Å². The van der Waals surface area contributed by atoms with Crippen LogP contribution in [0.2, 0.25) is 0 Å². The number of rotatable bonds is 25. The number of hydrogen-bond donors (Lipinski definition) is 1. The molecule has 0 spiro atoms. The van der Waals surface area contributed by atoms with Crippen LogP contribution in [0.25, 0.3) is 0 Å². The van der Waals surface area contributed by atoms with Gasteiger partial charge in [-0.2, -0.15) is 11.8 Å². The molecule has 0 aromatic heterocycles. The van der Waals surface area contributed by atoms with E-state index >= 15 is 0 Å². The molecule has 0 radical (unpaired) electrons. The van der Waals surface area contributed by atoms with E-state index in [9.17, 15) is 5.11 Å². The summed E-state index contributed by atoms with van der Waals surface area (Å²) >= 11 is 1.96. The van der Waals surface area contributed by atoms with Crippen LogP contribution in [0, 0.1) is 0 Å². The molecule has 1 N–H and O–H groups in total. The van der Waals surface area contributed by atoms with Gasteiger partial charge in [-0.1, -0.05) is 123 Å². The molecule has 0 amide bonds. The van der Waals surface area contributed by atoms with Crippen LogP contribution in [-0.2, 0) is 4.74 Å². The van der Waals surface area contributed by atoms with Gasteiger partial charge in [0, 0.05) is 12.4 Å². The highest BCUT2D eigenvalue weighted by atomic mass is 32.2. The van der Waals surface area contributed by atoms with Crippen molar-refractivity contribution in [1.82, 2.24) is 0 Å². The quantitative estimate of drug-likeness (QED) is 0.147. The average Bonchev–Trinajstić information content (AvgIpc) is 2.74. The highest BCUT2D eigenvalue weighted by Crippen LogP contribution is 2.14. The average molecular weight is 431 g/mol. The fourth-order valence-corrected chi connectivity index (χ4v) is 4.76. The minimum absolute atomic E-state index is 0.0391. The fraction of sp³-hybridized carbons (Fsp3) is 1.00. The zero-order valence-electron chi connectivity index (χ0n) is 20.1. The third kappa shape index (κ3) is 24.4. The van der Waals surface area contributed by atoms with Gasteiger partial charge in [0.2, 0.25) is 0 Å². The summed E-state index contributed by atoms with van der Waals surface area (Å²) in [5.41, 5.74) is 0. The van der Waals surface area contributed by atoms with Crippen molar-refractivity contribution < 1.29 is 9.84 Å². The van der Waals surface area contributed by atoms with Crippen LogP contribution in [0.3, 0.4) is 0 Å². The Balaban J connectivity index is 3.26. The third-order valence-electron chi connectivity index (χ3n) is 5.75. The number of thioether (sulfide) groups is 1. The van der Waals surface area contributed by atoms with Crippen LogP contribution < -0.4 is 0 Å². The summed E-state index contributed by atoms with van der Waals surface area (Å²) in [6.07, 6.45) is 26.1. The predicted molar refractivity (Wildman–Crippen MR) is 133 cm³/mol. The van der Waals surface area contributed by atoms with Gasteiger partial charge in [-0.25, -0.2) is 0 Å². The lowest BCUT2D eigenvalue weighted by Gasteiger charge is -2.15. The van der Waals surface area contributed by atoms with Crippen molar-refractivity contribution in [3.63, 3.8) is 0 Å². The summed E-state index contributed by atoms with van der Waals surface area (Å²) in [6.45, 7) is 5.54. The summed E-state index contributed by atoms with van der Waals surface area (Å²) in [5, 5.41) is 9.50. The molecule has 3 heteroatoms. The van der Waals surface area contributed by atoms with Crippen molar-refractivity contribution in [2.45, 2.75) is 142 Å². The lowest BCUT2D eigenvalue weighted by atomic mass is 10.1. The molecule has 176 valence electrons. The number of aliphatic hydroxyl groups excluding tert-OH is 1. The Morgan fingerprint density at radius 2 is 1.00 bits per heavy atom. The predicted octanol–water partition coefficient (Wildman–Crippen LogP) is 8.55. The largest absolute Gasteiger partial charge is 0.394 e. The highest BCUT2D eigenvalue weighted by molar-refractivity contribution is 7.99. The number of aliphatic hydroxyl groups is 1. The minimum atomic E-state index is 0.0391. The van der Waals surface area contributed by atoms with Gasteiger partial charge in [-0.3, -0.25) is 0 Å². The SMILES string of the molecule is CCCCCCCCCCCCCSCC(CO)OCCCCCCCCCC. The molecule has 1 unspecified atom stereocenters. The lowest BCUT2D eigenvalue weighted by Crippen LogP contribution is -2.21. The second kappa shape index (κ2) is 26.3. The Morgan fingerprint density at radius 1 is 0.586 bits per heavy atom. The van der Waals surface area contributed by atoms with Crippen LogP contribution in [0.1, 0.15) is 136 Å². The van der Waals surface area contributed by atoms with E-state index in [1.807, 2.05) is 11.8 Å². The van der Waals surface area contributed by atoms with Crippen molar-refractivity contribution >= 4 is 11.8 Å². The molecule has 0 rings (SSSR count). The molecule has 0 aromatic rings. The zero-order valence-corrected chi connectivity index (χ0v) is 20.9. The van der Waals surface area contributed by atoms with Gasteiger partial charge >= 0.3 is 0 Å². The van der Waals surface area contributed by atoms with Gasteiger partial charge < -0.3 is 9.84 Å². The van der Waals surface area contributed by atoms with Crippen LogP contribution >= 0.6 is 11.8 Å². The minimum Gasteiger partial charge on any atom is -0.394 e. The maximum atomic E-state index is 9.50. The topological polar surface area (TPSA) is 29.5 Å². The van der Waals surface area contributed by atoms with E-state index in [-0.39, 0.29) is 12.7 Å². The maximum absolute atomic E-state index is 9.50. The normalized spacial score (nSPS) is 12.5. The Labute approximate surface area is 188 Å². The van der Waals surface area contributed by atoms with E-state index in [2.05, 4.69) is 13.8 Å². The molecule has 0 bridgehead atoms. The van der Waals surface area contributed by atoms with Gasteiger partial charge in [0.25, 0.3) is 0 Å². The first-order valence-electron chi connectivity index (χ1n) is 13.1. The van der Waals surface area contributed by atoms with E-state index < -0.39 is 0 Å². The maximum Gasteiger partial charge on any atom is 0.0895 e. The Hall–Kier alpha value is 0.270. The molecular formula is C26H54O2S. The molecule has 0 saturated heterocycles. The molecule has 29 heavy (non-hydrogen) atoms. The Morgan fingerprint density at radius 3 is 1.45 bits per heavy atom. The molecular weight excluding hydrogens is 376 g/mol. The second-order valence-electron chi connectivity index (χ2n) is 8.76. The van der Waals surface area contributed by atoms with Crippen LogP contribution in [0.5, 0.6) is 0 Å². The van der Waals surface area contributed by atoms with E-state index in [1.165, 1.54) is 121 Å². The smallest absolute Gasteiger partial charge is 0.0895 e. The molecule has 0 aliphatic carbocycles. The standard InChI is InChI=1S/C26H54O2S/c1-3-5-7-9-11-13-14-15-17-19-21-23-29-25-26(24-27)28-22-20-18-16-12-10-8-6-4-2/h26-27H,3-25H2,1-2H3. The number of ether oxygens (including phenoxy) is 1. The van der Waals surface area contributed by atoms with Gasteiger partial charge in [-0.15, -0.1) is 0 Å². The van der Waals surface area contributed by atoms with E-state index in [0.717, 1.165) is 18.8 Å². The number of unbranched alkanes of at least 4 members (excludes halogenated alkanes) is 17. The van der Waals surface area contributed by atoms with Gasteiger partial charge in [0.15, 0.2) is 0 Å². The third-order valence-corrected chi connectivity index (χ3v) is 6.94. The van der Waals surface area contributed by atoms with Crippen molar-refractivity contribution in [3.8, 4) is 0 Å². The summed E-state index contributed by atoms with van der Waals surface area (Å²) in [5.74, 6) is 2.17. The van der Waals surface area contributed by atoms with Crippen LogP contribution in [0.15, 0.2) is 0 Å². The lowest BCUT2D eigenvalue weighted by molar-refractivity contribution is 0.0260. The molecule has 0 fully saturated rings. The van der Waals surface area contributed by atoms with Gasteiger partial charge in [0.05, 0.1) is 12.7 Å². The summed E-state index contributed by atoms with van der Waals surface area (Å²) in [7, 11) is 0. The van der Waals surface area contributed by atoms with Crippen LogP contribution in [0.4, 0.5) is 0 Å². The summed E-state index contributed by atoms with van der Waals surface area (Å²) < 4.78 is 5.87. The molecule has 0 aliphatic rings. The Bertz CT molecular complexity index is 286. The summed E-state index contributed by atoms with van der Waals surface area (Å²) in [4.78, 5) is 0. The van der Waals surface area contributed by atoms with Crippen molar-refractivity contribution in [2.75, 3.05) is 24.7 Å². The van der Waals surface area contributed by atoms with Crippen molar-refractivity contribution in [1.29, 1.82) is 0 Å². The number of hydrogen-bond acceptors (Lipinski definition) is 3. The Kier molecular flexibility index (Phi) is 26.6. The molecule has 1 atom stereocenters. The zero-order chi connectivity index (χ0) is 21.3. The van der Waals surface area contributed by atoms with E-state index in [1.54, 1.807) is 0 Å². The van der Waals surface area contributed by atoms with E-state index in [4.69, 9.17) is 4.74 Å². The van der Waals surface area contributed by atoms with Crippen LogP contribution in [-0.4, -0.2) is 35.9 Å². The van der Waals surface area contributed by atoms with E-state index in [0.29, 0.717) is 0 Å². The first-order valence-corrected chi connectivity index (χ1v) is 14.3. The summed E-state index contributed by atoms with van der Waals surface area (Å²) in [6, 6.07) is 0. The van der Waals surface area contributed by atoms with Gasteiger partial charge in [-0.05, 0) is 18.6 Å². The van der Waals surface area contributed by atoms with Gasteiger partial charge in [0.1, 0.15) is 0 Å². The monoisotopic (exact) mass is 430 g/mol. The molecule has 0 heterocycles. The molecule has 0 aliphatic heterocycles.